The van der Waals surface area contributed by atoms with Crippen molar-refractivity contribution in [1.82, 2.24) is 5.32 Å². The highest BCUT2D eigenvalue weighted by molar-refractivity contribution is 5.98. The lowest BCUT2D eigenvalue weighted by molar-refractivity contribution is -0.138. The lowest BCUT2D eigenvalue weighted by atomic mass is 10.0. The lowest BCUT2D eigenvalue weighted by Gasteiger charge is -2.17. The normalized spacial score (nSPS) is 12.5. The number of benzene rings is 1. The van der Waals surface area contributed by atoms with Crippen LogP contribution in [0.15, 0.2) is 24.3 Å². The van der Waals surface area contributed by atoms with E-state index >= 15 is 0 Å². The first kappa shape index (κ1) is 17.7. The van der Waals surface area contributed by atoms with E-state index in [9.17, 15) is 27.6 Å². The van der Waals surface area contributed by atoms with E-state index in [0.29, 0.717) is 0 Å². The molecule has 0 radical (unpaired) electrons. The van der Waals surface area contributed by atoms with E-state index in [-0.39, 0.29) is 18.6 Å². The Balaban J connectivity index is 2.96. The number of hydrogen-bond acceptors (Lipinski definition) is 3. The number of Topliss-reactive ketones (excluding diaryl/α,β-unsaturated/α-hetero) is 1. The van der Waals surface area contributed by atoms with E-state index in [4.69, 9.17) is 5.73 Å². The third kappa shape index (κ3) is 4.87. The number of hydrogen-bond donors (Lipinski definition) is 2. The van der Waals surface area contributed by atoms with Crippen LogP contribution in [0.25, 0.3) is 0 Å². The molecule has 1 rings (SSSR count). The largest absolute Gasteiger partial charge is 0.417 e. The third-order valence-corrected chi connectivity index (χ3v) is 2.91. The van der Waals surface area contributed by atoms with Crippen LogP contribution in [0.5, 0.6) is 0 Å². The standard InChI is InChI=1S/C14H15F3N2O3/c1-8(20)6-7-11(12(18)21)19-13(22)9-4-2-3-5-10(9)14(15,16)17/h2-5,11H,6-7H2,1H3,(H2,18,21)(H,19,22)/t11-/m1/s1. The molecule has 5 nitrogen and oxygen atoms in total. The number of ketones is 1. The van der Waals surface area contributed by atoms with Gasteiger partial charge in [-0.05, 0) is 25.5 Å². The second kappa shape index (κ2) is 7.06. The molecule has 0 saturated carbocycles. The van der Waals surface area contributed by atoms with Gasteiger partial charge >= 0.3 is 6.18 Å². The number of halogens is 3. The van der Waals surface area contributed by atoms with Gasteiger partial charge in [0, 0.05) is 6.42 Å². The molecule has 1 aromatic carbocycles. The summed E-state index contributed by atoms with van der Waals surface area (Å²) in [6.07, 6.45) is -4.78. The van der Waals surface area contributed by atoms with Crippen LogP contribution in [0.4, 0.5) is 13.2 Å². The van der Waals surface area contributed by atoms with E-state index < -0.39 is 35.2 Å². The van der Waals surface area contributed by atoms with Crippen molar-refractivity contribution in [3.05, 3.63) is 35.4 Å². The predicted molar refractivity (Wildman–Crippen MR) is 71.8 cm³/mol. The quantitative estimate of drug-likeness (QED) is 0.836. The van der Waals surface area contributed by atoms with Gasteiger partial charge in [-0.15, -0.1) is 0 Å². The molecule has 0 bridgehead atoms. The van der Waals surface area contributed by atoms with Crippen molar-refractivity contribution in [3.8, 4) is 0 Å². The maximum absolute atomic E-state index is 12.8. The second-order valence-electron chi connectivity index (χ2n) is 4.71. The minimum Gasteiger partial charge on any atom is -0.368 e. The molecule has 0 unspecified atom stereocenters. The number of nitrogens with two attached hydrogens (primary N) is 1. The van der Waals surface area contributed by atoms with Gasteiger partial charge in [-0.3, -0.25) is 9.59 Å². The molecule has 3 N–H and O–H groups in total. The van der Waals surface area contributed by atoms with E-state index in [0.717, 1.165) is 18.2 Å². The predicted octanol–water partition coefficient (Wildman–Crippen LogP) is 1.66. The number of alkyl halides is 3. The molecule has 1 aromatic rings. The van der Waals surface area contributed by atoms with Crippen LogP contribution in [-0.4, -0.2) is 23.6 Å². The highest BCUT2D eigenvalue weighted by atomic mass is 19.4. The van der Waals surface area contributed by atoms with Crippen molar-refractivity contribution in [2.24, 2.45) is 5.73 Å². The zero-order chi connectivity index (χ0) is 16.9. The Morgan fingerprint density at radius 1 is 1.23 bits per heavy atom. The first-order chi connectivity index (χ1) is 10.1. The summed E-state index contributed by atoms with van der Waals surface area (Å²) >= 11 is 0. The molecular weight excluding hydrogens is 301 g/mol. The van der Waals surface area contributed by atoms with Crippen molar-refractivity contribution in [3.63, 3.8) is 0 Å². The van der Waals surface area contributed by atoms with Gasteiger partial charge in [0.05, 0.1) is 11.1 Å². The van der Waals surface area contributed by atoms with Gasteiger partial charge in [-0.25, -0.2) is 0 Å². The molecule has 120 valence electrons. The summed E-state index contributed by atoms with van der Waals surface area (Å²) in [5.74, 6) is -2.21. The molecule has 0 fully saturated rings. The Kier molecular flexibility index (Phi) is 5.67. The summed E-state index contributed by atoms with van der Waals surface area (Å²) in [4.78, 5) is 34.1. The van der Waals surface area contributed by atoms with Gasteiger partial charge in [0.25, 0.3) is 5.91 Å². The van der Waals surface area contributed by atoms with Gasteiger partial charge in [0.15, 0.2) is 0 Å². The van der Waals surface area contributed by atoms with Crippen molar-refractivity contribution in [2.45, 2.75) is 32.0 Å². The molecular formula is C14H15F3N2O3. The smallest absolute Gasteiger partial charge is 0.368 e. The Bertz CT molecular complexity index is 585. The minimum absolute atomic E-state index is 0.0190. The van der Waals surface area contributed by atoms with Gasteiger partial charge in [0.2, 0.25) is 5.91 Å². The monoisotopic (exact) mass is 316 g/mol. The van der Waals surface area contributed by atoms with Crippen LogP contribution in [0.3, 0.4) is 0 Å². The molecule has 0 aromatic heterocycles. The van der Waals surface area contributed by atoms with Gasteiger partial charge in [0.1, 0.15) is 11.8 Å². The van der Waals surface area contributed by atoms with Crippen LogP contribution in [0, 0.1) is 0 Å². The molecule has 0 saturated heterocycles. The fourth-order valence-corrected chi connectivity index (χ4v) is 1.80. The number of nitrogens with one attached hydrogen (secondary N) is 1. The summed E-state index contributed by atoms with van der Waals surface area (Å²) in [5.41, 5.74) is 3.37. The molecule has 1 atom stereocenters. The van der Waals surface area contributed by atoms with Crippen LogP contribution < -0.4 is 11.1 Å². The first-order valence-corrected chi connectivity index (χ1v) is 6.38. The molecule has 22 heavy (non-hydrogen) atoms. The van der Waals surface area contributed by atoms with E-state index in [1.165, 1.54) is 13.0 Å². The number of rotatable bonds is 6. The van der Waals surface area contributed by atoms with E-state index in [2.05, 4.69) is 5.32 Å². The molecule has 0 aliphatic carbocycles. The lowest BCUT2D eigenvalue weighted by Crippen LogP contribution is -2.45. The maximum Gasteiger partial charge on any atom is 0.417 e. The molecule has 0 aliphatic rings. The summed E-state index contributed by atoms with van der Waals surface area (Å²) in [6.45, 7) is 1.29. The van der Waals surface area contributed by atoms with E-state index in [1.807, 2.05) is 0 Å². The summed E-state index contributed by atoms with van der Waals surface area (Å²) in [5, 5.41) is 2.13. The average Bonchev–Trinajstić information content (AvgIpc) is 2.41. The zero-order valence-electron chi connectivity index (χ0n) is 11.7. The van der Waals surface area contributed by atoms with E-state index in [1.54, 1.807) is 0 Å². The summed E-state index contributed by atoms with van der Waals surface area (Å²) in [7, 11) is 0. The number of carbonyl (C=O) groups excluding carboxylic acids is 3. The minimum atomic E-state index is -4.70. The fourth-order valence-electron chi connectivity index (χ4n) is 1.80. The highest BCUT2D eigenvalue weighted by Gasteiger charge is 2.35. The van der Waals surface area contributed by atoms with Gasteiger partial charge in [-0.2, -0.15) is 13.2 Å². The topological polar surface area (TPSA) is 89.3 Å². The highest BCUT2D eigenvalue weighted by Crippen LogP contribution is 2.31. The van der Waals surface area contributed by atoms with Gasteiger partial charge < -0.3 is 15.8 Å². The second-order valence-corrected chi connectivity index (χ2v) is 4.71. The first-order valence-electron chi connectivity index (χ1n) is 6.38. The molecule has 8 heteroatoms. The maximum atomic E-state index is 12.8. The molecule has 2 amide bonds. The van der Waals surface area contributed by atoms with Crippen LogP contribution in [-0.2, 0) is 15.8 Å². The van der Waals surface area contributed by atoms with Gasteiger partial charge in [-0.1, -0.05) is 12.1 Å². The van der Waals surface area contributed by atoms with Crippen molar-refractivity contribution >= 4 is 17.6 Å². The number of primary amides is 1. The average molecular weight is 316 g/mol. The summed E-state index contributed by atoms with van der Waals surface area (Å²) < 4.78 is 38.5. The number of carbonyl (C=O) groups is 3. The van der Waals surface area contributed by atoms with Crippen molar-refractivity contribution in [1.29, 1.82) is 0 Å². The zero-order valence-corrected chi connectivity index (χ0v) is 11.7. The van der Waals surface area contributed by atoms with Crippen molar-refractivity contribution < 1.29 is 27.6 Å². The molecule has 0 aliphatic heterocycles. The SMILES string of the molecule is CC(=O)CC[C@@H](NC(=O)c1ccccc1C(F)(F)F)C(N)=O. The molecule has 0 heterocycles. The molecule has 0 spiro atoms. The van der Waals surface area contributed by atoms with Crippen LogP contribution in [0.2, 0.25) is 0 Å². The Morgan fingerprint density at radius 3 is 2.32 bits per heavy atom. The van der Waals surface area contributed by atoms with Crippen LogP contribution in [0.1, 0.15) is 35.7 Å². The van der Waals surface area contributed by atoms with Crippen LogP contribution >= 0.6 is 0 Å². The fraction of sp³-hybridized carbons (Fsp3) is 0.357. The third-order valence-electron chi connectivity index (χ3n) is 2.91. The van der Waals surface area contributed by atoms with Crippen molar-refractivity contribution in [2.75, 3.05) is 0 Å². The number of amides is 2. The Labute approximate surface area is 124 Å². The Morgan fingerprint density at radius 2 is 1.82 bits per heavy atom. The Hall–Kier alpha value is -2.38. The summed E-state index contributed by atoms with van der Waals surface area (Å²) in [6, 6.07) is 2.99.